The van der Waals surface area contributed by atoms with Gasteiger partial charge in [0.15, 0.2) is 0 Å². The van der Waals surface area contributed by atoms with Crippen LogP contribution in [0.15, 0.2) is 52.3 Å². The van der Waals surface area contributed by atoms with Crippen LogP contribution in [0.5, 0.6) is 0 Å². The van der Waals surface area contributed by atoms with Gasteiger partial charge in [-0.1, -0.05) is 23.9 Å². The molecule has 0 aromatic heterocycles. The van der Waals surface area contributed by atoms with Crippen molar-refractivity contribution in [3.8, 4) is 0 Å². The highest BCUT2D eigenvalue weighted by atomic mass is 32.2. The topological polar surface area (TPSA) is 30.0 Å². The van der Waals surface area contributed by atoms with E-state index in [-0.39, 0.29) is 6.61 Å². The van der Waals surface area contributed by atoms with Crippen LogP contribution in [-0.2, 0) is 6.18 Å². The minimum Gasteiger partial charge on any atom is -0.395 e. The van der Waals surface area contributed by atoms with Crippen LogP contribution in [0.4, 0.5) is 24.5 Å². The van der Waals surface area contributed by atoms with Crippen molar-refractivity contribution in [2.24, 2.45) is 0 Å². The highest BCUT2D eigenvalue weighted by molar-refractivity contribution is 7.99. The summed E-state index contributed by atoms with van der Waals surface area (Å²) >= 11 is 1.53. The summed E-state index contributed by atoms with van der Waals surface area (Å²) in [6.07, 6.45) is -2.41. The number of halogens is 3. The van der Waals surface area contributed by atoms with Crippen molar-refractivity contribution in [3.05, 3.63) is 48.0 Å². The van der Waals surface area contributed by atoms with Crippen LogP contribution in [0.25, 0.3) is 0 Å². The molecule has 0 unspecified atom stereocenters. The van der Waals surface area contributed by atoms with E-state index in [4.69, 9.17) is 5.11 Å². The molecule has 0 bridgehead atoms. The number of nitrogens with zero attached hydrogens (tertiary/aromatic N) is 3. The normalized spacial score (nSPS) is 17.9. The van der Waals surface area contributed by atoms with E-state index in [1.54, 1.807) is 6.07 Å². The van der Waals surface area contributed by atoms with E-state index in [9.17, 15) is 13.2 Å². The summed E-state index contributed by atoms with van der Waals surface area (Å²) in [6.45, 7) is 6.41. The van der Waals surface area contributed by atoms with Gasteiger partial charge in [-0.25, -0.2) is 0 Å². The van der Waals surface area contributed by atoms with Crippen LogP contribution in [0.3, 0.4) is 0 Å². The number of rotatable bonds is 6. The lowest BCUT2D eigenvalue weighted by atomic mass is 10.1. The number of hydrogen-bond donors (Lipinski definition) is 1. The first-order valence-corrected chi connectivity index (χ1v) is 11.6. The quantitative estimate of drug-likeness (QED) is 0.688. The van der Waals surface area contributed by atoms with Gasteiger partial charge in [0.25, 0.3) is 0 Å². The SMILES string of the molecule is OCCN1CCCN(CCCN2c3ccccc3Sc3ccc(C(F)(F)F)cc32)CC1. The van der Waals surface area contributed by atoms with Crippen LogP contribution in [-0.4, -0.2) is 67.3 Å². The lowest BCUT2D eigenvalue weighted by Gasteiger charge is -2.34. The molecule has 2 aromatic carbocycles. The van der Waals surface area contributed by atoms with Crippen LogP contribution < -0.4 is 4.90 Å². The summed E-state index contributed by atoms with van der Waals surface area (Å²) in [7, 11) is 0. The third-order valence-electron chi connectivity index (χ3n) is 5.91. The van der Waals surface area contributed by atoms with Gasteiger partial charge in [-0.05, 0) is 62.8 Å². The fourth-order valence-electron chi connectivity index (χ4n) is 4.31. The molecular weight excluding hydrogens is 423 g/mol. The molecular formula is C23H28F3N3OS. The zero-order valence-electron chi connectivity index (χ0n) is 17.4. The Labute approximate surface area is 185 Å². The van der Waals surface area contributed by atoms with Crippen molar-refractivity contribution in [2.45, 2.75) is 28.8 Å². The molecule has 2 heterocycles. The standard InChI is InChI=1S/C23H28F3N3OS/c24-23(25,26)18-7-8-22-20(17-18)29(19-5-1-2-6-21(19)31-22)12-4-11-27-9-3-10-28(14-13-27)15-16-30/h1-2,5-8,17,30H,3-4,9-16H2. The number of aliphatic hydroxyl groups is 1. The van der Waals surface area contributed by atoms with Crippen molar-refractivity contribution in [3.63, 3.8) is 0 Å². The predicted octanol–water partition coefficient (Wildman–Crippen LogP) is 4.70. The second-order valence-corrected chi connectivity index (χ2v) is 9.10. The summed E-state index contributed by atoms with van der Waals surface area (Å²) in [6, 6.07) is 12.0. The molecule has 1 fully saturated rings. The number of para-hydroxylation sites is 1. The molecule has 2 aliphatic heterocycles. The minimum absolute atomic E-state index is 0.186. The lowest BCUT2D eigenvalue weighted by Crippen LogP contribution is -2.34. The van der Waals surface area contributed by atoms with E-state index in [1.807, 2.05) is 29.2 Å². The first kappa shape index (κ1) is 22.5. The Morgan fingerprint density at radius 3 is 2.29 bits per heavy atom. The first-order valence-electron chi connectivity index (χ1n) is 10.8. The van der Waals surface area contributed by atoms with Crippen LogP contribution in [0.1, 0.15) is 18.4 Å². The minimum atomic E-state index is -4.35. The van der Waals surface area contributed by atoms with E-state index >= 15 is 0 Å². The zero-order valence-corrected chi connectivity index (χ0v) is 18.3. The van der Waals surface area contributed by atoms with E-state index in [0.29, 0.717) is 18.8 Å². The fourth-order valence-corrected chi connectivity index (χ4v) is 5.39. The molecule has 2 aliphatic rings. The average molecular weight is 452 g/mol. The van der Waals surface area contributed by atoms with Crippen molar-refractivity contribution >= 4 is 23.1 Å². The highest BCUT2D eigenvalue weighted by Gasteiger charge is 2.33. The average Bonchev–Trinajstić information content (AvgIpc) is 2.98. The van der Waals surface area contributed by atoms with Gasteiger partial charge >= 0.3 is 6.18 Å². The number of anilines is 2. The van der Waals surface area contributed by atoms with E-state index in [1.165, 1.54) is 23.9 Å². The van der Waals surface area contributed by atoms with Crippen molar-refractivity contribution in [1.82, 2.24) is 9.80 Å². The van der Waals surface area contributed by atoms with Crippen molar-refractivity contribution in [1.29, 1.82) is 0 Å². The summed E-state index contributed by atoms with van der Waals surface area (Å²) in [5.74, 6) is 0. The molecule has 0 atom stereocenters. The Bertz CT molecular complexity index is 893. The molecule has 1 saturated heterocycles. The Morgan fingerprint density at radius 1 is 0.839 bits per heavy atom. The van der Waals surface area contributed by atoms with E-state index in [0.717, 1.165) is 61.0 Å². The molecule has 8 heteroatoms. The summed E-state index contributed by atoms with van der Waals surface area (Å²) in [5.41, 5.74) is 1.01. The number of hydrogen-bond acceptors (Lipinski definition) is 5. The molecule has 0 saturated carbocycles. The van der Waals surface area contributed by atoms with Crippen LogP contribution in [0.2, 0.25) is 0 Å². The van der Waals surface area contributed by atoms with Gasteiger partial charge in [0, 0.05) is 36.0 Å². The molecule has 4 rings (SSSR count). The smallest absolute Gasteiger partial charge is 0.395 e. The fraction of sp³-hybridized carbons (Fsp3) is 0.478. The van der Waals surface area contributed by atoms with Gasteiger partial charge in [0.1, 0.15) is 0 Å². The van der Waals surface area contributed by atoms with Gasteiger partial charge < -0.3 is 14.9 Å². The van der Waals surface area contributed by atoms with Crippen molar-refractivity contribution in [2.75, 3.05) is 57.3 Å². The third-order valence-corrected chi connectivity index (χ3v) is 7.04. The first-order chi connectivity index (χ1) is 15.0. The van der Waals surface area contributed by atoms with Crippen molar-refractivity contribution < 1.29 is 18.3 Å². The van der Waals surface area contributed by atoms with Gasteiger partial charge in [-0.3, -0.25) is 4.90 Å². The van der Waals surface area contributed by atoms with E-state index < -0.39 is 11.7 Å². The molecule has 0 radical (unpaired) electrons. The summed E-state index contributed by atoms with van der Waals surface area (Å²) in [5, 5.41) is 9.16. The summed E-state index contributed by atoms with van der Waals surface area (Å²) < 4.78 is 40.0. The molecule has 0 amide bonds. The monoisotopic (exact) mass is 451 g/mol. The van der Waals surface area contributed by atoms with Gasteiger partial charge in [0.05, 0.1) is 23.5 Å². The molecule has 0 spiro atoms. The largest absolute Gasteiger partial charge is 0.416 e. The van der Waals surface area contributed by atoms with Gasteiger partial charge in [-0.2, -0.15) is 13.2 Å². The maximum Gasteiger partial charge on any atom is 0.416 e. The highest BCUT2D eigenvalue weighted by Crippen LogP contribution is 2.49. The summed E-state index contributed by atoms with van der Waals surface area (Å²) in [4.78, 5) is 8.69. The van der Waals surface area contributed by atoms with Crippen LogP contribution >= 0.6 is 11.8 Å². The Balaban J connectivity index is 1.47. The third kappa shape index (κ3) is 5.37. The van der Waals surface area contributed by atoms with Crippen LogP contribution in [0, 0.1) is 0 Å². The maximum atomic E-state index is 13.3. The second-order valence-electron chi connectivity index (χ2n) is 8.02. The molecule has 31 heavy (non-hydrogen) atoms. The number of β-amino-alcohol motifs (C(OH)–C–C–N with tert-alkyl or cyclic N) is 1. The maximum absolute atomic E-state index is 13.3. The number of alkyl halides is 3. The Kier molecular flexibility index (Phi) is 7.11. The second kappa shape index (κ2) is 9.81. The molecule has 1 N–H and O–H groups in total. The number of fused-ring (bicyclic) bond motifs is 2. The Hall–Kier alpha value is -1.74. The van der Waals surface area contributed by atoms with E-state index in [2.05, 4.69) is 9.80 Å². The molecule has 0 aliphatic carbocycles. The molecule has 2 aromatic rings. The molecule has 168 valence electrons. The lowest BCUT2D eigenvalue weighted by molar-refractivity contribution is -0.137. The van der Waals surface area contributed by atoms with Gasteiger partial charge in [0.2, 0.25) is 0 Å². The number of aliphatic hydroxyl groups excluding tert-OH is 1. The van der Waals surface area contributed by atoms with Gasteiger partial charge in [-0.15, -0.1) is 0 Å². The zero-order chi connectivity index (χ0) is 21.8. The predicted molar refractivity (Wildman–Crippen MR) is 118 cm³/mol. The number of benzene rings is 2. The Morgan fingerprint density at radius 2 is 1.55 bits per heavy atom. The molecule has 4 nitrogen and oxygen atoms in total.